The van der Waals surface area contributed by atoms with E-state index in [2.05, 4.69) is 12.2 Å². The van der Waals surface area contributed by atoms with E-state index in [9.17, 15) is 8.78 Å². The number of benzene rings is 1. The van der Waals surface area contributed by atoms with Crippen molar-refractivity contribution >= 4 is 0 Å². The number of nitrogens with one attached hydrogen (secondary N) is 1. The van der Waals surface area contributed by atoms with E-state index >= 15 is 0 Å². The van der Waals surface area contributed by atoms with Crippen molar-refractivity contribution < 1.29 is 8.78 Å². The van der Waals surface area contributed by atoms with E-state index in [0.29, 0.717) is 5.56 Å². The zero-order valence-corrected chi connectivity index (χ0v) is 12.5. The van der Waals surface area contributed by atoms with Crippen molar-refractivity contribution in [2.45, 2.75) is 52.0 Å². The van der Waals surface area contributed by atoms with Gasteiger partial charge in [-0.05, 0) is 44.2 Å². The Morgan fingerprint density at radius 3 is 2.85 bits per heavy atom. The fraction of sp³-hybridized carbons (Fsp3) is 0.647. The van der Waals surface area contributed by atoms with Crippen molar-refractivity contribution in [3.05, 3.63) is 35.4 Å². The van der Waals surface area contributed by atoms with Crippen LogP contribution in [0.25, 0.3) is 0 Å². The number of halogens is 2. The van der Waals surface area contributed by atoms with Gasteiger partial charge in [-0.2, -0.15) is 0 Å². The Bertz CT molecular complexity index is 433. The molecule has 1 aromatic carbocycles. The highest BCUT2D eigenvalue weighted by molar-refractivity contribution is 5.21. The predicted octanol–water partition coefficient (Wildman–Crippen LogP) is 4.83. The van der Waals surface area contributed by atoms with Gasteiger partial charge in [0.05, 0.1) is 0 Å². The van der Waals surface area contributed by atoms with Crippen LogP contribution < -0.4 is 5.32 Å². The van der Waals surface area contributed by atoms with Crippen LogP contribution in [0, 0.1) is 23.5 Å². The van der Waals surface area contributed by atoms with Crippen molar-refractivity contribution in [2.75, 3.05) is 6.54 Å². The molecule has 0 aromatic heterocycles. The van der Waals surface area contributed by atoms with E-state index in [0.717, 1.165) is 30.9 Å². The topological polar surface area (TPSA) is 12.0 Å². The Kier molecular flexibility index (Phi) is 5.53. The lowest BCUT2D eigenvalue weighted by Gasteiger charge is -2.27. The monoisotopic (exact) mass is 281 g/mol. The van der Waals surface area contributed by atoms with Gasteiger partial charge in [0.15, 0.2) is 11.6 Å². The molecule has 1 fully saturated rings. The van der Waals surface area contributed by atoms with Gasteiger partial charge in [0, 0.05) is 11.6 Å². The molecule has 112 valence electrons. The van der Waals surface area contributed by atoms with Crippen molar-refractivity contribution in [1.29, 1.82) is 0 Å². The molecule has 1 saturated carbocycles. The molecule has 20 heavy (non-hydrogen) atoms. The van der Waals surface area contributed by atoms with E-state index in [1.54, 1.807) is 12.1 Å². The highest BCUT2D eigenvalue weighted by Crippen LogP contribution is 2.30. The van der Waals surface area contributed by atoms with E-state index < -0.39 is 11.6 Å². The summed E-state index contributed by atoms with van der Waals surface area (Å²) in [6.07, 6.45) is 6.44. The SMILES string of the molecule is CC1CCCC(CCNC(C)c2cccc(F)c2F)C1. The molecule has 1 N–H and O–H groups in total. The Hall–Kier alpha value is -0.960. The summed E-state index contributed by atoms with van der Waals surface area (Å²) in [5.74, 6) is 0.138. The molecule has 0 amide bonds. The Balaban J connectivity index is 1.80. The van der Waals surface area contributed by atoms with Crippen molar-refractivity contribution in [3.63, 3.8) is 0 Å². The van der Waals surface area contributed by atoms with Gasteiger partial charge in [0.1, 0.15) is 0 Å². The van der Waals surface area contributed by atoms with Crippen LogP contribution in [0.15, 0.2) is 18.2 Å². The van der Waals surface area contributed by atoms with Gasteiger partial charge in [-0.25, -0.2) is 8.78 Å². The smallest absolute Gasteiger partial charge is 0.163 e. The lowest BCUT2D eigenvalue weighted by Crippen LogP contribution is -2.24. The second kappa shape index (κ2) is 7.16. The first-order valence-corrected chi connectivity index (χ1v) is 7.75. The summed E-state index contributed by atoms with van der Waals surface area (Å²) < 4.78 is 26.9. The minimum absolute atomic E-state index is 0.147. The van der Waals surface area contributed by atoms with Crippen molar-refractivity contribution in [2.24, 2.45) is 11.8 Å². The molecule has 0 bridgehead atoms. The first-order valence-electron chi connectivity index (χ1n) is 7.75. The van der Waals surface area contributed by atoms with Crippen LogP contribution in [-0.4, -0.2) is 6.54 Å². The molecule has 0 radical (unpaired) electrons. The van der Waals surface area contributed by atoms with Crippen molar-refractivity contribution in [3.8, 4) is 0 Å². The molecule has 3 atom stereocenters. The molecule has 0 aliphatic heterocycles. The zero-order chi connectivity index (χ0) is 14.5. The van der Waals surface area contributed by atoms with E-state index in [4.69, 9.17) is 0 Å². The molecular weight excluding hydrogens is 256 g/mol. The van der Waals surface area contributed by atoms with Crippen LogP contribution in [-0.2, 0) is 0 Å². The summed E-state index contributed by atoms with van der Waals surface area (Å²) in [5.41, 5.74) is 0.419. The lowest BCUT2D eigenvalue weighted by molar-refractivity contribution is 0.265. The van der Waals surface area contributed by atoms with E-state index in [1.807, 2.05) is 6.92 Å². The fourth-order valence-electron chi connectivity index (χ4n) is 3.29. The molecule has 1 nitrogen and oxygen atoms in total. The summed E-state index contributed by atoms with van der Waals surface area (Å²) in [6, 6.07) is 4.23. The molecule has 1 aliphatic rings. The third-order valence-corrected chi connectivity index (χ3v) is 4.50. The molecule has 1 aromatic rings. The maximum Gasteiger partial charge on any atom is 0.163 e. The Morgan fingerprint density at radius 2 is 2.10 bits per heavy atom. The second-order valence-electron chi connectivity index (χ2n) is 6.25. The number of hydrogen-bond acceptors (Lipinski definition) is 1. The second-order valence-corrected chi connectivity index (χ2v) is 6.25. The number of hydrogen-bond donors (Lipinski definition) is 1. The molecule has 0 saturated heterocycles. The average molecular weight is 281 g/mol. The van der Waals surface area contributed by atoms with Crippen molar-refractivity contribution in [1.82, 2.24) is 5.32 Å². The third kappa shape index (κ3) is 4.02. The molecule has 2 rings (SSSR count). The zero-order valence-electron chi connectivity index (χ0n) is 12.5. The van der Waals surface area contributed by atoms with Gasteiger partial charge >= 0.3 is 0 Å². The average Bonchev–Trinajstić information content (AvgIpc) is 2.42. The standard InChI is InChI=1S/C17H25F2N/c1-12-5-3-6-14(11-12)9-10-20-13(2)15-7-4-8-16(18)17(15)19/h4,7-8,12-14,20H,3,5-6,9-11H2,1-2H3. The molecular formula is C17H25F2N. The maximum atomic E-state index is 13.7. The highest BCUT2D eigenvalue weighted by atomic mass is 19.2. The predicted molar refractivity (Wildman–Crippen MR) is 78.5 cm³/mol. The van der Waals surface area contributed by atoms with Gasteiger partial charge in [0.2, 0.25) is 0 Å². The van der Waals surface area contributed by atoms with Crippen LogP contribution in [0.5, 0.6) is 0 Å². The minimum atomic E-state index is -0.766. The molecule has 0 spiro atoms. The van der Waals surface area contributed by atoms with Crippen LogP contribution in [0.2, 0.25) is 0 Å². The van der Waals surface area contributed by atoms with Gasteiger partial charge in [0.25, 0.3) is 0 Å². The van der Waals surface area contributed by atoms with E-state index in [1.165, 1.54) is 25.7 Å². The van der Waals surface area contributed by atoms with Gasteiger partial charge in [-0.1, -0.05) is 38.3 Å². The first kappa shape index (κ1) is 15.4. The van der Waals surface area contributed by atoms with Gasteiger partial charge in [-0.3, -0.25) is 0 Å². The normalized spacial score (nSPS) is 24.6. The summed E-state index contributed by atoms with van der Waals surface area (Å²) in [6.45, 7) is 5.08. The molecule has 3 unspecified atom stereocenters. The molecule has 3 heteroatoms. The lowest BCUT2D eigenvalue weighted by atomic mass is 9.81. The minimum Gasteiger partial charge on any atom is -0.310 e. The fourth-order valence-corrected chi connectivity index (χ4v) is 3.29. The van der Waals surface area contributed by atoms with Gasteiger partial charge < -0.3 is 5.32 Å². The first-order chi connectivity index (χ1) is 9.58. The third-order valence-electron chi connectivity index (χ3n) is 4.50. The maximum absolute atomic E-state index is 13.7. The van der Waals surface area contributed by atoms with Crippen LogP contribution in [0.1, 0.15) is 57.6 Å². The number of rotatable bonds is 5. The summed E-state index contributed by atoms with van der Waals surface area (Å²) in [4.78, 5) is 0. The van der Waals surface area contributed by atoms with Crippen LogP contribution in [0.4, 0.5) is 8.78 Å². The summed E-state index contributed by atoms with van der Waals surface area (Å²) in [7, 11) is 0. The Labute approximate surface area is 120 Å². The van der Waals surface area contributed by atoms with Crippen LogP contribution in [0.3, 0.4) is 0 Å². The molecule has 1 aliphatic carbocycles. The summed E-state index contributed by atoms with van der Waals surface area (Å²) >= 11 is 0. The molecule has 0 heterocycles. The largest absolute Gasteiger partial charge is 0.310 e. The van der Waals surface area contributed by atoms with Gasteiger partial charge in [-0.15, -0.1) is 0 Å². The highest BCUT2D eigenvalue weighted by Gasteiger charge is 2.19. The Morgan fingerprint density at radius 1 is 1.30 bits per heavy atom. The van der Waals surface area contributed by atoms with Crippen LogP contribution >= 0.6 is 0 Å². The van der Waals surface area contributed by atoms with E-state index in [-0.39, 0.29) is 6.04 Å². The summed E-state index contributed by atoms with van der Waals surface area (Å²) in [5, 5.41) is 3.32. The quantitative estimate of drug-likeness (QED) is 0.815.